The van der Waals surface area contributed by atoms with Crippen LogP contribution in [0.4, 0.5) is 10.5 Å². The molecule has 2 unspecified atom stereocenters. The smallest absolute Gasteiger partial charge is 0.410 e. The maximum absolute atomic E-state index is 12.5. The number of ether oxygens (including phenoxy) is 1. The van der Waals surface area contributed by atoms with Crippen molar-refractivity contribution in [1.82, 2.24) is 4.90 Å². The molecule has 0 saturated carbocycles. The van der Waals surface area contributed by atoms with Gasteiger partial charge in [0.2, 0.25) is 5.91 Å². The number of likely N-dealkylation sites (tertiary alicyclic amines) is 1. The molecule has 0 aromatic heterocycles. The number of nitrogens with zero attached hydrogens (tertiary/aromatic N) is 1. The Morgan fingerprint density at radius 3 is 2.67 bits per heavy atom. The molecule has 1 aliphatic heterocycles. The largest absolute Gasteiger partial charge is 0.444 e. The molecule has 1 N–H and O–H groups in total. The molecule has 1 saturated heterocycles. The lowest BCUT2D eigenvalue weighted by molar-refractivity contribution is -0.120. The number of carbonyl (C=O) groups excluding carboxylic acids is 2. The molecule has 1 fully saturated rings. The summed E-state index contributed by atoms with van der Waals surface area (Å²) in [5.74, 6) is -0.252. The molecular formula is C17H24N2O4S. The Labute approximate surface area is 145 Å². The Kier molecular flexibility index (Phi) is 5.64. The van der Waals surface area contributed by atoms with Crippen molar-refractivity contribution in [2.45, 2.75) is 50.2 Å². The lowest BCUT2D eigenvalue weighted by Gasteiger charge is -2.28. The van der Waals surface area contributed by atoms with E-state index in [0.717, 1.165) is 6.42 Å². The molecule has 1 aromatic rings. The van der Waals surface area contributed by atoms with Gasteiger partial charge in [-0.25, -0.2) is 4.79 Å². The van der Waals surface area contributed by atoms with Gasteiger partial charge in [0.25, 0.3) is 0 Å². The number of rotatable bonds is 3. The van der Waals surface area contributed by atoms with E-state index < -0.39 is 28.5 Å². The Morgan fingerprint density at radius 2 is 2.04 bits per heavy atom. The van der Waals surface area contributed by atoms with E-state index in [2.05, 4.69) is 5.32 Å². The second-order valence-corrected chi connectivity index (χ2v) is 8.18. The molecule has 132 valence electrons. The Balaban J connectivity index is 2.07. The summed E-state index contributed by atoms with van der Waals surface area (Å²) in [4.78, 5) is 26.9. The first kappa shape index (κ1) is 18.4. The molecule has 1 heterocycles. The average molecular weight is 352 g/mol. The van der Waals surface area contributed by atoms with Crippen LogP contribution in [-0.4, -0.2) is 45.6 Å². The second-order valence-electron chi connectivity index (χ2n) is 6.80. The van der Waals surface area contributed by atoms with Crippen molar-refractivity contribution < 1.29 is 18.5 Å². The molecule has 6 nitrogen and oxygen atoms in total. The van der Waals surface area contributed by atoms with E-state index in [1.807, 2.05) is 0 Å². The van der Waals surface area contributed by atoms with Gasteiger partial charge in [0.15, 0.2) is 0 Å². The third-order valence-corrected chi connectivity index (χ3v) is 4.53. The van der Waals surface area contributed by atoms with Gasteiger partial charge in [-0.1, -0.05) is 6.07 Å². The fourth-order valence-corrected chi connectivity index (χ4v) is 3.12. The van der Waals surface area contributed by atoms with Gasteiger partial charge in [0.05, 0.1) is 0 Å². The molecule has 1 aliphatic rings. The number of carbonyl (C=O) groups is 2. The highest BCUT2D eigenvalue weighted by atomic mass is 32.2. The molecule has 7 heteroatoms. The first-order valence-corrected chi connectivity index (χ1v) is 9.47. The SMILES string of the molecule is CS(=O)c1cccc(NC(=O)C2CCCN2C(=O)OC(C)(C)C)c1. The van der Waals surface area contributed by atoms with Crippen LogP contribution in [0.15, 0.2) is 29.2 Å². The van der Waals surface area contributed by atoms with Crippen molar-refractivity contribution in [2.24, 2.45) is 0 Å². The van der Waals surface area contributed by atoms with E-state index in [9.17, 15) is 13.8 Å². The highest BCUT2D eigenvalue weighted by molar-refractivity contribution is 7.84. The quantitative estimate of drug-likeness (QED) is 0.907. The standard InChI is InChI=1S/C17H24N2O4S/c1-17(2,3)23-16(21)19-10-6-9-14(19)15(20)18-12-7-5-8-13(11-12)24(4)22/h5,7-8,11,14H,6,9-10H2,1-4H3,(H,18,20). The molecule has 1 aromatic carbocycles. The zero-order valence-electron chi connectivity index (χ0n) is 14.5. The van der Waals surface area contributed by atoms with Crippen LogP contribution in [-0.2, 0) is 20.3 Å². The minimum Gasteiger partial charge on any atom is -0.444 e. The highest BCUT2D eigenvalue weighted by Gasteiger charge is 2.36. The number of nitrogens with one attached hydrogen (secondary N) is 1. The van der Waals surface area contributed by atoms with Crippen LogP contribution in [0.3, 0.4) is 0 Å². The number of anilines is 1. The topological polar surface area (TPSA) is 75.7 Å². The van der Waals surface area contributed by atoms with Crippen LogP contribution in [0.5, 0.6) is 0 Å². The van der Waals surface area contributed by atoms with Gasteiger partial charge in [-0.2, -0.15) is 0 Å². The fraction of sp³-hybridized carbons (Fsp3) is 0.529. The zero-order valence-corrected chi connectivity index (χ0v) is 15.3. The van der Waals surface area contributed by atoms with Crippen molar-refractivity contribution in [1.29, 1.82) is 0 Å². The van der Waals surface area contributed by atoms with Crippen LogP contribution in [0.2, 0.25) is 0 Å². The van der Waals surface area contributed by atoms with E-state index in [1.165, 1.54) is 4.90 Å². The summed E-state index contributed by atoms with van der Waals surface area (Å²) >= 11 is 0. The van der Waals surface area contributed by atoms with Gasteiger partial charge >= 0.3 is 6.09 Å². The van der Waals surface area contributed by atoms with Gasteiger partial charge in [0.1, 0.15) is 11.6 Å². The predicted molar refractivity (Wildman–Crippen MR) is 93.4 cm³/mol. The number of amides is 2. The summed E-state index contributed by atoms with van der Waals surface area (Å²) in [7, 11) is -1.12. The second kappa shape index (κ2) is 7.34. The van der Waals surface area contributed by atoms with Gasteiger partial charge in [0, 0.05) is 34.2 Å². The normalized spacial score (nSPS) is 19.0. The summed E-state index contributed by atoms with van der Waals surface area (Å²) in [5.41, 5.74) is -0.0241. The summed E-state index contributed by atoms with van der Waals surface area (Å²) in [6.07, 6.45) is 2.48. The van der Waals surface area contributed by atoms with Crippen molar-refractivity contribution in [3.05, 3.63) is 24.3 Å². The van der Waals surface area contributed by atoms with E-state index in [1.54, 1.807) is 51.3 Å². The van der Waals surface area contributed by atoms with Gasteiger partial charge < -0.3 is 10.1 Å². The van der Waals surface area contributed by atoms with Crippen molar-refractivity contribution in [3.63, 3.8) is 0 Å². The number of hydrogen-bond donors (Lipinski definition) is 1. The summed E-state index contributed by atoms with van der Waals surface area (Å²) < 4.78 is 16.9. The first-order valence-electron chi connectivity index (χ1n) is 7.91. The summed E-state index contributed by atoms with van der Waals surface area (Å²) in [5, 5.41) is 2.80. The monoisotopic (exact) mass is 352 g/mol. The summed E-state index contributed by atoms with van der Waals surface area (Å²) in [6.45, 7) is 5.90. The van der Waals surface area contributed by atoms with Crippen molar-refractivity contribution >= 4 is 28.5 Å². The molecule has 2 atom stereocenters. The lowest BCUT2D eigenvalue weighted by atomic mass is 10.2. The van der Waals surface area contributed by atoms with Crippen molar-refractivity contribution in [3.8, 4) is 0 Å². The molecule has 0 radical (unpaired) electrons. The van der Waals surface area contributed by atoms with Gasteiger partial charge in [-0.15, -0.1) is 0 Å². The molecular weight excluding hydrogens is 328 g/mol. The van der Waals surface area contributed by atoms with Gasteiger partial charge in [-0.05, 0) is 51.8 Å². The zero-order chi connectivity index (χ0) is 17.9. The van der Waals surface area contributed by atoms with Crippen LogP contribution >= 0.6 is 0 Å². The summed E-state index contributed by atoms with van der Waals surface area (Å²) in [6, 6.07) is 6.36. The molecule has 0 bridgehead atoms. The molecule has 2 rings (SSSR count). The van der Waals surface area contributed by atoms with E-state index >= 15 is 0 Å². The third-order valence-electron chi connectivity index (χ3n) is 3.62. The highest BCUT2D eigenvalue weighted by Crippen LogP contribution is 2.22. The predicted octanol–water partition coefficient (Wildman–Crippen LogP) is 2.76. The average Bonchev–Trinajstić information content (AvgIpc) is 2.95. The number of hydrogen-bond acceptors (Lipinski definition) is 4. The minimum atomic E-state index is -1.12. The van der Waals surface area contributed by atoms with Crippen LogP contribution < -0.4 is 5.32 Å². The lowest BCUT2D eigenvalue weighted by Crippen LogP contribution is -2.45. The Hall–Kier alpha value is -1.89. The molecule has 0 spiro atoms. The number of benzene rings is 1. The van der Waals surface area contributed by atoms with Crippen LogP contribution in [0.1, 0.15) is 33.6 Å². The molecule has 0 aliphatic carbocycles. The first-order chi connectivity index (χ1) is 11.2. The van der Waals surface area contributed by atoms with Crippen LogP contribution in [0.25, 0.3) is 0 Å². The van der Waals surface area contributed by atoms with Crippen LogP contribution in [0, 0.1) is 0 Å². The Bertz CT molecular complexity index is 654. The molecule has 24 heavy (non-hydrogen) atoms. The third kappa shape index (κ3) is 4.80. The van der Waals surface area contributed by atoms with Crippen molar-refractivity contribution in [2.75, 3.05) is 18.1 Å². The van der Waals surface area contributed by atoms with E-state index in [0.29, 0.717) is 23.5 Å². The maximum Gasteiger partial charge on any atom is 0.410 e. The van der Waals surface area contributed by atoms with E-state index in [4.69, 9.17) is 4.74 Å². The maximum atomic E-state index is 12.5. The Morgan fingerprint density at radius 1 is 1.33 bits per heavy atom. The van der Waals surface area contributed by atoms with Gasteiger partial charge in [-0.3, -0.25) is 13.9 Å². The molecule has 2 amide bonds. The minimum absolute atomic E-state index is 0.252. The fourth-order valence-electron chi connectivity index (χ4n) is 2.56. The van der Waals surface area contributed by atoms with E-state index in [-0.39, 0.29) is 5.91 Å².